The molecule has 2 amide bonds. The number of oxazole rings is 1. The van der Waals surface area contributed by atoms with Gasteiger partial charge >= 0.3 is 6.18 Å². The molecule has 1 aliphatic heterocycles. The van der Waals surface area contributed by atoms with Gasteiger partial charge in [0.25, 0.3) is 11.8 Å². The van der Waals surface area contributed by atoms with E-state index in [2.05, 4.69) is 20.2 Å². The molecule has 0 aliphatic carbocycles. The zero-order valence-corrected chi connectivity index (χ0v) is 21.0. The number of carbonyl (C=O) groups excluding carboxylic acids is 2. The number of carbonyl (C=O) groups is 2. The van der Waals surface area contributed by atoms with Gasteiger partial charge in [0.15, 0.2) is 11.5 Å². The fourth-order valence-corrected chi connectivity index (χ4v) is 4.43. The lowest BCUT2D eigenvalue weighted by Gasteiger charge is -2.34. The average molecular weight is 544 g/mol. The standard InChI is InChI=1S/C25H24F3N7O4/c1-13-11-16(33-32-13)23(36)34-7-9-35(10-8-34)24(37)21-18(12-29)39-22(31-21)15-3-5-17(38-2)20-14(15)4-6-19(30-20)25(26,27)28/h3-6,11H,7-10,12,29H2,1-2H3,(H,32,33). The first-order chi connectivity index (χ1) is 18.6. The molecule has 4 aromatic rings. The van der Waals surface area contributed by atoms with Crippen molar-refractivity contribution in [3.8, 4) is 17.2 Å². The quantitative estimate of drug-likeness (QED) is 0.391. The van der Waals surface area contributed by atoms with Crippen LogP contribution in [0.3, 0.4) is 0 Å². The highest BCUT2D eigenvalue weighted by Gasteiger charge is 2.34. The summed E-state index contributed by atoms with van der Waals surface area (Å²) in [6.45, 7) is 2.79. The number of piperazine rings is 1. The normalized spacial score (nSPS) is 14.2. The Balaban J connectivity index is 1.41. The largest absolute Gasteiger partial charge is 0.494 e. The van der Waals surface area contributed by atoms with Crippen molar-refractivity contribution in [1.82, 2.24) is 30.0 Å². The maximum Gasteiger partial charge on any atom is 0.433 e. The van der Waals surface area contributed by atoms with Gasteiger partial charge in [0.1, 0.15) is 22.7 Å². The first-order valence-corrected chi connectivity index (χ1v) is 12.0. The van der Waals surface area contributed by atoms with Gasteiger partial charge in [-0.05, 0) is 37.3 Å². The predicted molar refractivity (Wildman–Crippen MR) is 132 cm³/mol. The highest BCUT2D eigenvalue weighted by atomic mass is 19.4. The second-order valence-electron chi connectivity index (χ2n) is 8.92. The molecule has 0 atom stereocenters. The van der Waals surface area contributed by atoms with Gasteiger partial charge in [0, 0.05) is 42.8 Å². The highest BCUT2D eigenvalue weighted by molar-refractivity contribution is 5.98. The number of ether oxygens (including phenoxy) is 1. The van der Waals surface area contributed by atoms with E-state index in [0.29, 0.717) is 29.7 Å². The van der Waals surface area contributed by atoms with Gasteiger partial charge in [-0.15, -0.1) is 0 Å². The number of aryl methyl sites for hydroxylation is 1. The highest BCUT2D eigenvalue weighted by Crippen LogP contribution is 2.37. The van der Waals surface area contributed by atoms with Crippen LogP contribution in [0.15, 0.2) is 34.7 Å². The van der Waals surface area contributed by atoms with Gasteiger partial charge in [0.2, 0.25) is 5.89 Å². The molecule has 11 nitrogen and oxygen atoms in total. The van der Waals surface area contributed by atoms with E-state index in [0.717, 1.165) is 11.8 Å². The fourth-order valence-electron chi connectivity index (χ4n) is 4.43. The number of hydrogen-bond acceptors (Lipinski definition) is 8. The Hall–Kier alpha value is -4.46. The minimum absolute atomic E-state index is 0.000888. The Bertz CT molecular complexity index is 1560. The number of aromatic amines is 1. The molecule has 204 valence electrons. The number of fused-ring (bicyclic) bond motifs is 1. The SMILES string of the molecule is COc1ccc(-c2nc(C(=O)N3CCN(C(=O)c4cc(C)[nH]n4)CC3)c(CN)o2)c2ccc(C(F)(F)F)nc12. The zero-order chi connectivity index (χ0) is 27.9. The third-order valence-electron chi connectivity index (χ3n) is 6.43. The zero-order valence-electron chi connectivity index (χ0n) is 21.0. The Morgan fingerprint density at radius 3 is 2.36 bits per heavy atom. The topological polar surface area (TPSA) is 143 Å². The first-order valence-electron chi connectivity index (χ1n) is 12.0. The van der Waals surface area contributed by atoms with Crippen molar-refractivity contribution in [3.05, 3.63) is 58.9 Å². The Morgan fingerprint density at radius 1 is 1.08 bits per heavy atom. The predicted octanol–water partition coefficient (Wildman–Crippen LogP) is 3.01. The van der Waals surface area contributed by atoms with Crippen LogP contribution in [0.2, 0.25) is 0 Å². The molecule has 3 N–H and O–H groups in total. The summed E-state index contributed by atoms with van der Waals surface area (Å²) in [6, 6.07) is 6.79. The summed E-state index contributed by atoms with van der Waals surface area (Å²) >= 11 is 0. The smallest absolute Gasteiger partial charge is 0.433 e. The molecule has 14 heteroatoms. The Morgan fingerprint density at radius 2 is 1.77 bits per heavy atom. The molecule has 0 bridgehead atoms. The van der Waals surface area contributed by atoms with Crippen molar-refractivity contribution in [2.24, 2.45) is 5.73 Å². The van der Waals surface area contributed by atoms with E-state index in [1.54, 1.807) is 28.9 Å². The summed E-state index contributed by atoms with van der Waals surface area (Å²) in [5, 5.41) is 7.03. The maximum atomic E-state index is 13.4. The number of alkyl halides is 3. The van der Waals surface area contributed by atoms with Gasteiger partial charge in [-0.3, -0.25) is 14.7 Å². The molecule has 1 aromatic carbocycles. The lowest BCUT2D eigenvalue weighted by molar-refractivity contribution is -0.140. The van der Waals surface area contributed by atoms with E-state index in [1.165, 1.54) is 19.2 Å². The van der Waals surface area contributed by atoms with Crippen molar-refractivity contribution in [2.75, 3.05) is 33.3 Å². The van der Waals surface area contributed by atoms with Crippen LogP contribution in [0.4, 0.5) is 13.2 Å². The molecule has 1 fully saturated rings. The number of H-pyrrole nitrogens is 1. The number of methoxy groups -OCH3 is 1. The molecular formula is C25H24F3N7O4. The third-order valence-corrected chi connectivity index (χ3v) is 6.43. The summed E-state index contributed by atoms with van der Waals surface area (Å²) in [4.78, 5) is 37.3. The first kappa shape index (κ1) is 26.2. The second-order valence-corrected chi connectivity index (χ2v) is 8.92. The number of benzene rings is 1. The second kappa shape index (κ2) is 10.0. The van der Waals surface area contributed by atoms with E-state index in [9.17, 15) is 22.8 Å². The number of nitrogens with zero attached hydrogens (tertiary/aromatic N) is 5. The minimum Gasteiger partial charge on any atom is -0.494 e. The molecule has 0 unspecified atom stereocenters. The number of hydrogen-bond donors (Lipinski definition) is 2. The van der Waals surface area contributed by atoms with Crippen LogP contribution in [0.25, 0.3) is 22.4 Å². The van der Waals surface area contributed by atoms with Crippen LogP contribution in [0.5, 0.6) is 5.75 Å². The molecule has 1 aliphatic rings. The third kappa shape index (κ3) is 4.90. The molecule has 4 heterocycles. The molecule has 3 aromatic heterocycles. The van der Waals surface area contributed by atoms with E-state index in [-0.39, 0.29) is 54.2 Å². The average Bonchev–Trinajstić information content (AvgIpc) is 3.57. The van der Waals surface area contributed by atoms with Crippen molar-refractivity contribution >= 4 is 22.7 Å². The van der Waals surface area contributed by atoms with E-state index in [4.69, 9.17) is 14.9 Å². The lowest BCUT2D eigenvalue weighted by Crippen LogP contribution is -2.50. The molecule has 0 spiro atoms. The maximum absolute atomic E-state index is 13.4. The van der Waals surface area contributed by atoms with Crippen LogP contribution < -0.4 is 10.5 Å². The molecule has 5 rings (SSSR count). The Kier molecular flexibility index (Phi) is 6.72. The van der Waals surface area contributed by atoms with Crippen LogP contribution in [0.1, 0.15) is 38.1 Å². The van der Waals surface area contributed by atoms with Gasteiger partial charge in [-0.1, -0.05) is 0 Å². The van der Waals surface area contributed by atoms with Gasteiger partial charge in [-0.2, -0.15) is 18.3 Å². The molecule has 1 saturated heterocycles. The fraction of sp³-hybridized carbons (Fsp3) is 0.320. The number of nitrogens with two attached hydrogens (primary N) is 1. The molecule has 0 saturated carbocycles. The van der Waals surface area contributed by atoms with Crippen LogP contribution in [-0.2, 0) is 12.7 Å². The van der Waals surface area contributed by atoms with E-state index < -0.39 is 17.8 Å². The molecule has 39 heavy (non-hydrogen) atoms. The number of aromatic nitrogens is 4. The van der Waals surface area contributed by atoms with Crippen molar-refractivity contribution < 1.29 is 31.9 Å². The van der Waals surface area contributed by atoms with Gasteiger partial charge in [-0.25, -0.2) is 9.97 Å². The van der Waals surface area contributed by atoms with Gasteiger partial charge < -0.3 is 24.7 Å². The number of halogens is 3. The number of nitrogens with one attached hydrogen (secondary N) is 1. The summed E-state index contributed by atoms with van der Waals surface area (Å²) in [6.07, 6.45) is -4.64. The van der Waals surface area contributed by atoms with Crippen molar-refractivity contribution in [2.45, 2.75) is 19.6 Å². The van der Waals surface area contributed by atoms with Gasteiger partial charge in [0.05, 0.1) is 13.7 Å². The van der Waals surface area contributed by atoms with Crippen LogP contribution in [-0.4, -0.2) is 75.1 Å². The Labute approximate surface area is 219 Å². The summed E-state index contributed by atoms with van der Waals surface area (Å²) in [5.74, 6) is -0.380. The molecular weight excluding hydrogens is 519 g/mol. The number of rotatable bonds is 5. The number of pyridine rings is 1. The minimum atomic E-state index is -4.64. The van der Waals surface area contributed by atoms with Crippen molar-refractivity contribution in [3.63, 3.8) is 0 Å². The van der Waals surface area contributed by atoms with Crippen LogP contribution >= 0.6 is 0 Å². The summed E-state index contributed by atoms with van der Waals surface area (Å²) in [7, 11) is 1.33. The van der Waals surface area contributed by atoms with Crippen LogP contribution in [0, 0.1) is 6.92 Å². The van der Waals surface area contributed by atoms with E-state index >= 15 is 0 Å². The molecule has 0 radical (unpaired) electrons. The monoisotopic (exact) mass is 543 g/mol. The lowest BCUT2D eigenvalue weighted by atomic mass is 10.1. The van der Waals surface area contributed by atoms with Crippen molar-refractivity contribution in [1.29, 1.82) is 0 Å². The number of amides is 2. The summed E-state index contributed by atoms with van der Waals surface area (Å²) in [5.41, 5.74) is 6.14. The summed E-state index contributed by atoms with van der Waals surface area (Å²) < 4.78 is 50.9. The van der Waals surface area contributed by atoms with E-state index in [1.807, 2.05) is 0 Å².